The number of hydrazone groups is 1. The van der Waals surface area contributed by atoms with Crippen LogP contribution in [0.4, 0.5) is 26.7 Å². The van der Waals surface area contributed by atoms with E-state index in [0.717, 1.165) is 12.2 Å². The number of fused-ring (bicyclic) bond motifs is 1. The van der Waals surface area contributed by atoms with Gasteiger partial charge in [-0.1, -0.05) is 6.42 Å². The minimum Gasteiger partial charge on any atom is -0.332 e. The van der Waals surface area contributed by atoms with Crippen molar-refractivity contribution in [2.45, 2.75) is 43.0 Å². The average molecular weight is 436 g/mol. The fraction of sp³-hybridized carbons (Fsp3) is 0.471. The lowest BCUT2D eigenvalue weighted by Gasteiger charge is -2.16. The molecule has 1 aromatic rings. The van der Waals surface area contributed by atoms with Crippen molar-refractivity contribution in [2.75, 3.05) is 5.75 Å². The SMILES string of the molecule is O=C(CCCC[C@H]1SC[C@@H]2NC(=O)N[C@@H]21)N/N=C/c1c(F)c(F)c(F)c(F)c1F. The first-order valence-electron chi connectivity index (χ1n) is 8.81. The van der Waals surface area contributed by atoms with Gasteiger partial charge in [0.05, 0.1) is 23.9 Å². The van der Waals surface area contributed by atoms with Gasteiger partial charge < -0.3 is 10.6 Å². The van der Waals surface area contributed by atoms with E-state index in [4.69, 9.17) is 0 Å². The van der Waals surface area contributed by atoms with Crippen LogP contribution < -0.4 is 16.1 Å². The summed E-state index contributed by atoms with van der Waals surface area (Å²) in [7, 11) is 0. The Morgan fingerprint density at radius 2 is 1.72 bits per heavy atom. The Balaban J connectivity index is 1.42. The Bertz CT molecular complexity index is 825. The van der Waals surface area contributed by atoms with Crippen LogP contribution in [0.5, 0.6) is 0 Å². The van der Waals surface area contributed by atoms with Gasteiger partial charge in [0, 0.05) is 17.4 Å². The number of carbonyl (C=O) groups is 2. The Hall–Kier alpha value is -2.37. The van der Waals surface area contributed by atoms with E-state index in [2.05, 4.69) is 15.7 Å². The van der Waals surface area contributed by atoms with Crippen molar-refractivity contribution in [3.8, 4) is 0 Å². The summed E-state index contributed by atoms with van der Waals surface area (Å²) in [5.74, 6) is -10.2. The van der Waals surface area contributed by atoms with Gasteiger partial charge in [-0.3, -0.25) is 4.79 Å². The maximum Gasteiger partial charge on any atom is 0.315 e. The number of amides is 3. The van der Waals surface area contributed by atoms with E-state index in [1.165, 1.54) is 0 Å². The molecular formula is C17H17F5N4O2S. The predicted octanol–water partition coefficient (Wildman–Crippen LogP) is 2.56. The third-order valence-electron chi connectivity index (χ3n) is 4.71. The number of unbranched alkanes of at least 4 members (excludes halogenated alkanes) is 1. The Kier molecular flexibility index (Phi) is 6.60. The van der Waals surface area contributed by atoms with Crippen LogP contribution in [0.2, 0.25) is 0 Å². The number of hydrogen-bond donors (Lipinski definition) is 3. The molecule has 3 amide bonds. The van der Waals surface area contributed by atoms with Crippen LogP contribution in [0.3, 0.4) is 0 Å². The van der Waals surface area contributed by atoms with Gasteiger partial charge in [-0.15, -0.1) is 0 Å². The van der Waals surface area contributed by atoms with Crippen LogP contribution in [0.25, 0.3) is 0 Å². The van der Waals surface area contributed by atoms with E-state index in [9.17, 15) is 31.5 Å². The Morgan fingerprint density at radius 1 is 1.07 bits per heavy atom. The molecule has 0 unspecified atom stereocenters. The first-order valence-corrected chi connectivity index (χ1v) is 9.86. The number of carbonyl (C=O) groups excluding carboxylic acids is 2. The monoisotopic (exact) mass is 436 g/mol. The number of nitrogens with one attached hydrogen (secondary N) is 3. The highest BCUT2D eigenvalue weighted by Crippen LogP contribution is 2.33. The lowest BCUT2D eigenvalue weighted by molar-refractivity contribution is -0.121. The summed E-state index contributed by atoms with van der Waals surface area (Å²) in [4.78, 5) is 23.0. The molecule has 2 aliphatic heterocycles. The van der Waals surface area contributed by atoms with Crippen molar-refractivity contribution in [1.82, 2.24) is 16.1 Å². The molecule has 0 radical (unpaired) electrons. The molecule has 3 N–H and O–H groups in total. The van der Waals surface area contributed by atoms with Crippen LogP contribution in [0, 0.1) is 29.1 Å². The lowest BCUT2D eigenvalue weighted by Crippen LogP contribution is -2.36. The van der Waals surface area contributed by atoms with E-state index >= 15 is 0 Å². The summed E-state index contributed by atoms with van der Waals surface area (Å²) in [6.45, 7) is 0. The summed E-state index contributed by atoms with van der Waals surface area (Å²) < 4.78 is 66.1. The third-order valence-corrected chi connectivity index (χ3v) is 6.22. The van der Waals surface area contributed by atoms with Crippen molar-refractivity contribution in [2.24, 2.45) is 5.10 Å². The predicted molar refractivity (Wildman–Crippen MR) is 95.9 cm³/mol. The zero-order chi connectivity index (χ0) is 21.1. The molecule has 3 atom stereocenters. The average Bonchev–Trinajstić information content (AvgIpc) is 3.24. The molecule has 2 aliphatic rings. The molecule has 2 saturated heterocycles. The van der Waals surface area contributed by atoms with Crippen molar-refractivity contribution in [3.05, 3.63) is 34.6 Å². The highest BCUT2D eigenvalue weighted by molar-refractivity contribution is 8.00. The second-order valence-electron chi connectivity index (χ2n) is 6.64. The van der Waals surface area contributed by atoms with Gasteiger partial charge >= 0.3 is 6.03 Å². The minimum atomic E-state index is -2.26. The second-order valence-corrected chi connectivity index (χ2v) is 7.92. The summed E-state index contributed by atoms with van der Waals surface area (Å²) in [5.41, 5.74) is 0.762. The smallest absolute Gasteiger partial charge is 0.315 e. The Morgan fingerprint density at radius 3 is 2.41 bits per heavy atom. The largest absolute Gasteiger partial charge is 0.332 e. The topological polar surface area (TPSA) is 82.6 Å². The quantitative estimate of drug-likeness (QED) is 0.117. The first kappa shape index (κ1) is 21.3. The van der Waals surface area contributed by atoms with Crippen molar-refractivity contribution >= 4 is 29.9 Å². The van der Waals surface area contributed by atoms with Crippen LogP contribution in [0.1, 0.15) is 31.2 Å². The van der Waals surface area contributed by atoms with Gasteiger partial charge in [0.1, 0.15) is 0 Å². The summed E-state index contributed by atoms with van der Waals surface area (Å²) >= 11 is 1.75. The second kappa shape index (κ2) is 8.97. The van der Waals surface area contributed by atoms with Crippen molar-refractivity contribution < 1.29 is 31.5 Å². The molecular weight excluding hydrogens is 419 g/mol. The number of thioether (sulfide) groups is 1. The number of rotatable bonds is 7. The maximum atomic E-state index is 13.5. The molecule has 12 heteroatoms. The minimum absolute atomic E-state index is 0.0739. The number of benzene rings is 1. The fourth-order valence-corrected chi connectivity index (χ4v) is 4.78. The molecule has 6 nitrogen and oxygen atoms in total. The third kappa shape index (κ3) is 4.62. The van der Waals surface area contributed by atoms with Crippen LogP contribution >= 0.6 is 11.8 Å². The van der Waals surface area contributed by atoms with Crippen LogP contribution in [-0.4, -0.2) is 41.2 Å². The number of halogens is 5. The maximum absolute atomic E-state index is 13.5. The van der Waals surface area contributed by atoms with Crippen molar-refractivity contribution in [1.29, 1.82) is 0 Å². The van der Waals surface area contributed by atoms with E-state index in [0.29, 0.717) is 19.1 Å². The molecule has 29 heavy (non-hydrogen) atoms. The van der Waals surface area contributed by atoms with Gasteiger partial charge in [0.25, 0.3) is 0 Å². The molecule has 2 heterocycles. The molecule has 0 aromatic heterocycles. The van der Waals surface area contributed by atoms with E-state index in [1.54, 1.807) is 11.8 Å². The zero-order valence-electron chi connectivity index (χ0n) is 14.9. The molecule has 0 saturated carbocycles. The number of urea groups is 1. The molecule has 2 fully saturated rings. The van der Waals surface area contributed by atoms with Gasteiger partial charge in [0.15, 0.2) is 23.3 Å². The highest BCUT2D eigenvalue weighted by Gasteiger charge is 2.42. The Labute approximate surface area is 166 Å². The van der Waals surface area contributed by atoms with Gasteiger partial charge in [-0.2, -0.15) is 16.9 Å². The molecule has 0 spiro atoms. The zero-order valence-corrected chi connectivity index (χ0v) is 15.7. The normalized spacial score (nSPS) is 23.2. The lowest BCUT2D eigenvalue weighted by atomic mass is 10.0. The van der Waals surface area contributed by atoms with E-state index < -0.39 is 40.6 Å². The van der Waals surface area contributed by atoms with Crippen LogP contribution in [0.15, 0.2) is 5.10 Å². The summed E-state index contributed by atoms with van der Waals surface area (Å²) in [5, 5.41) is 9.23. The van der Waals surface area contributed by atoms with Crippen molar-refractivity contribution in [3.63, 3.8) is 0 Å². The molecule has 3 rings (SSSR count). The number of nitrogens with zero attached hydrogens (tertiary/aromatic N) is 1. The standard InChI is InChI=1S/C17H17F5N4O2S/c18-11-7(12(19)14(21)15(22)13(11)20)5-23-26-10(27)4-2-1-3-9-16-8(6-29-9)24-17(28)25-16/h5,8-9,16H,1-4,6H2,(H,26,27)(H2,24,25,28)/b23-5+/t8-,9+,16-/m0/s1. The number of hydrogen-bond acceptors (Lipinski definition) is 4. The van der Waals surface area contributed by atoms with Gasteiger partial charge in [-0.25, -0.2) is 32.2 Å². The van der Waals surface area contributed by atoms with Crippen LogP contribution in [-0.2, 0) is 4.79 Å². The summed E-state index contributed by atoms with van der Waals surface area (Å²) in [6.07, 6.45) is 2.48. The van der Waals surface area contributed by atoms with E-state index in [1.807, 2.05) is 5.43 Å². The molecule has 0 aliphatic carbocycles. The molecule has 1 aromatic carbocycles. The molecule has 0 bridgehead atoms. The first-order chi connectivity index (χ1) is 13.8. The fourth-order valence-electron chi connectivity index (χ4n) is 3.23. The van der Waals surface area contributed by atoms with Gasteiger partial charge in [-0.05, 0) is 12.8 Å². The summed E-state index contributed by atoms with van der Waals surface area (Å²) in [6, 6.07) is 0.0283. The molecule has 158 valence electrons. The highest BCUT2D eigenvalue weighted by atomic mass is 32.2. The van der Waals surface area contributed by atoms with E-state index in [-0.39, 0.29) is 29.8 Å². The van der Waals surface area contributed by atoms with Gasteiger partial charge in [0.2, 0.25) is 11.7 Å².